The molecule has 0 radical (unpaired) electrons. The van der Waals surface area contributed by atoms with Crippen LogP contribution in [-0.2, 0) is 14.8 Å². The maximum atomic E-state index is 13.0. The first-order valence-electron chi connectivity index (χ1n) is 8.14. The van der Waals surface area contributed by atoms with Crippen molar-refractivity contribution in [3.8, 4) is 5.75 Å². The fourth-order valence-corrected chi connectivity index (χ4v) is 5.02. The van der Waals surface area contributed by atoms with Crippen LogP contribution < -0.4 is 10.1 Å². The molecule has 26 heavy (non-hydrogen) atoms. The van der Waals surface area contributed by atoms with Crippen LogP contribution in [0.4, 0.5) is 5.69 Å². The van der Waals surface area contributed by atoms with Gasteiger partial charge in [-0.15, -0.1) is 0 Å². The second-order valence-electron chi connectivity index (χ2n) is 5.95. The Balaban J connectivity index is 1.81. The quantitative estimate of drug-likeness (QED) is 0.776. The van der Waals surface area contributed by atoms with Gasteiger partial charge in [0.15, 0.2) is 0 Å². The van der Waals surface area contributed by atoms with Gasteiger partial charge in [0, 0.05) is 16.7 Å². The molecule has 0 saturated carbocycles. The Labute approximate surface area is 161 Å². The molecule has 1 fully saturated rings. The van der Waals surface area contributed by atoms with E-state index in [1.165, 1.54) is 23.5 Å². The lowest BCUT2D eigenvalue weighted by Gasteiger charge is -2.23. The molecule has 1 aliphatic rings. The van der Waals surface area contributed by atoms with Gasteiger partial charge in [-0.25, -0.2) is 8.42 Å². The number of hydrogen-bond donors (Lipinski definition) is 1. The van der Waals surface area contributed by atoms with Gasteiger partial charge in [-0.2, -0.15) is 4.31 Å². The standard InChI is InChI=1S/C18H19BrN2O4S/c1-25-15-7-9-16(10-8-15)26(23,24)21-11-3-6-17(21)18(22)20-14-5-2-4-13(19)12-14/h2,4-5,7-10,12,17H,3,6,11H2,1H3,(H,20,22)/t17-/m0/s1. The van der Waals surface area contributed by atoms with Crippen molar-refractivity contribution in [3.63, 3.8) is 0 Å². The molecule has 2 aromatic rings. The number of nitrogens with one attached hydrogen (secondary N) is 1. The van der Waals surface area contributed by atoms with Crippen LogP contribution in [0.3, 0.4) is 0 Å². The monoisotopic (exact) mass is 438 g/mol. The van der Waals surface area contributed by atoms with Crippen molar-refractivity contribution in [3.05, 3.63) is 53.0 Å². The molecule has 1 atom stereocenters. The lowest BCUT2D eigenvalue weighted by molar-refractivity contribution is -0.119. The lowest BCUT2D eigenvalue weighted by atomic mass is 10.2. The first-order chi connectivity index (χ1) is 12.4. The number of nitrogens with zero attached hydrogens (tertiary/aromatic N) is 1. The van der Waals surface area contributed by atoms with Crippen LogP contribution in [0.1, 0.15) is 12.8 Å². The van der Waals surface area contributed by atoms with E-state index in [9.17, 15) is 13.2 Å². The Kier molecular flexibility index (Phi) is 5.64. The molecule has 6 nitrogen and oxygen atoms in total. The number of ether oxygens (including phenoxy) is 1. The van der Waals surface area contributed by atoms with E-state index in [4.69, 9.17) is 4.74 Å². The SMILES string of the molecule is COc1ccc(S(=O)(=O)N2CCC[C@H]2C(=O)Nc2cccc(Br)c2)cc1. The first kappa shape index (κ1) is 18.9. The molecule has 138 valence electrons. The highest BCUT2D eigenvalue weighted by Crippen LogP contribution is 2.28. The Bertz CT molecular complexity index is 900. The van der Waals surface area contributed by atoms with Crippen molar-refractivity contribution >= 4 is 37.5 Å². The molecule has 1 heterocycles. The smallest absolute Gasteiger partial charge is 0.243 e. The predicted octanol–water partition coefficient (Wildman–Crippen LogP) is 3.25. The number of halogens is 1. The van der Waals surface area contributed by atoms with Crippen LogP contribution in [-0.4, -0.2) is 38.3 Å². The molecule has 0 aromatic heterocycles. The summed E-state index contributed by atoms with van der Waals surface area (Å²) in [6.45, 7) is 0.324. The Morgan fingerprint density at radius 3 is 2.62 bits per heavy atom. The minimum absolute atomic E-state index is 0.153. The van der Waals surface area contributed by atoms with Crippen LogP contribution in [0.2, 0.25) is 0 Å². The third-order valence-corrected chi connectivity index (χ3v) is 6.68. The zero-order valence-corrected chi connectivity index (χ0v) is 16.6. The molecule has 1 amide bonds. The highest BCUT2D eigenvalue weighted by Gasteiger charge is 2.39. The van der Waals surface area contributed by atoms with E-state index < -0.39 is 16.1 Å². The molecule has 0 unspecified atom stereocenters. The molecular weight excluding hydrogens is 420 g/mol. The summed E-state index contributed by atoms with van der Waals surface area (Å²) in [4.78, 5) is 12.8. The van der Waals surface area contributed by atoms with Crippen molar-refractivity contribution in [1.29, 1.82) is 0 Å². The van der Waals surface area contributed by atoms with Gasteiger partial charge in [0.1, 0.15) is 11.8 Å². The molecule has 1 saturated heterocycles. The molecule has 0 aliphatic carbocycles. The van der Waals surface area contributed by atoms with Crippen LogP contribution in [0.15, 0.2) is 57.9 Å². The van der Waals surface area contributed by atoms with Gasteiger partial charge in [0.2, 0.25) is 15.9 Å². The molecule has 0 spiro atoms. The normalized spacial score (nSPS) is 17.8. The number of benzene rings is 2. The number of hydrogen-bond acceptors (Lipinski definition) is 4. The molecule has 2 aromatic carbocycles. The van der Waals surface area contributed by atoms with E-state index in [0.29, 0.717) is 30.8 Å². The minimum atomic E-state index is -3.75. The number of carbonyl (C=O) groups excluding carboxylic acids is 1. The van der Waals surface area contributed by atoms with Crippen LogP contribution in [0.25, 0.3) is 0 Å². The number of methoxy groups -OCH3 is 1. The van der Waals surface area contributed by atoms with Crippen LogP contribution in [0, 0.1) is 0 Å². The highest BCUT2D eigenvalue weighted by atomic mass is 79.9. The minimum Gasteiger partial charge on any atom is -0.497 e. The van der Waals surface area contributed by atoms with E-state index in [-0.39, 0.29) is 10.8 Å². The summed E-state index contributed by atoms with van der Waals surface area (Å²) in [5.41, 5.74) is 0.623. The van der Waals surface area contributed by atoms with E-state index >= 15 is 0 Å². The molecular formula is C18H19BrN2O4S. The van der Waals surface area contributed by atoms with E-state index in [0.717, 1.165) is 4.47 Å². The van der Waals surface area contributed by atoms with Gasteiger partial charge in [-0.1, -0.05) is 22.0 Å². The van der Waals surface area contributed by atoms with Crippen molar-refractivity contribution < 1.29 is 17.9 Å². The van der Waals surface area contributed by atoms with Crippen molar-refractivity contribution in [1.82, 2.24) is 4.31 Å². The average Bonchev–Trinajstić information content (AvgIpc) is 3.12. The first-order valence-corrected chi connectivity index (χ1v) is 10.4. The van der Waals surface area contributed by atoms with Gasteiger partial charge in [0.25, 0.3) is 0 Å². The topological polar surface area (TPSA) is 75.7 Å². The third kappa shape index (κ3) is 3.92. The van der Waals surface area contributed by atoms with Gasteiger partial charge < -0.3 is 10.1 Å². The summed E-state index contributed by atoms with van der Waals surface area (Å²) in [6.07, 6.45) is 1.14. The number of rotatable bonds is 5. The zero-order chi connectivity index (χ0) is 18.7. The molecule has 1 aliphatic heterocycles. The second-order valence-corrected chi connectivity index (χ2v) is 8.76. The molecule has 0 bridgehead atoms. The zero-order valence-electron chi connectivity index (χ0n) is 14.2. The fourth-order valence-electron chi connectivity index (χ4n) is 2.96. The lowest BCUT2D eigenvalue weighted by Crippen LogP contribution is -2.43. The highest BCUT2D eigenvalue weighted by molar-refractivity contribution is 9.10. The van der Waals surface area contributed by atoms with Crippen molar-refractivity contribution in [2.45, 2.75) is 23.8 Å². The third-order valence-electron chi connectivity index (χ3n) is 4.26. The second kappa shape index (κ2) is 7.77. The van der Waals surface area contributed by atoms with E-state index in [1.807, 2.05) is 6.07 Å². The van der Waals surface area contributed by atoms with Crippen LogP contribution in [0.5, 0.6) is 5.75 Å². The number of anilines is 1. The summed E-state index contributed by atoms with van der Waals surface area (Å²) >= 11 is 3.35. The Hall–Kier alpha value is -1.90. The predicted molar refractivity (Wildman–Crippen MR) is 103 cm³/mol. The maximum Gasteiger partial charge on any atom is 0.243 e. The summed E-state index contributed by atoms with van der Waals surface area (Å²) in [5.74, 6) is 0.256. The summed E-state index contributed by atoms with van der Waals surface area (Å²) in [6, 6.07) is 12.7. The van der Waals surface area contributed by atoms with Gasteiger partial charge in [-0.05, 0) is 55.3 Å². The maximum absolute atomic E-state index is 13.0. The number of amides is 1. The van der Waals surface area contributed by atoms with Crippen LogP contribution >= 0.6 is 15.9 Å². The average molecular weight is 439 g/mol. The summed E-state index contributed by atoms with van der Waals surface area (Å²) in [7, 11) is -2.23. The fraction of sp³-hybridized carbons (Fsp3) is 0.278. The Morgan fingerprint density at radius 1 is 1.23 bits per heavy atom. The Morgan fingerprint density at radius 2 is 1.96 bits per heavy atom. The molecule has 1 N–H and O–H groups in total. The van der Waals surface area contributed by atoms with Crippen molar-refractivity contribution in [2.75, 3.05) is 19.0 Å². The van der Waals surface area contributed by atoms with Crippen molar-refractivity contribution in [2.24, 2.45) is 0 Å². The number of sulfonamides is 1. The number of carbonyl (C=O) groups is 1. The molecule has 3 rings (SSSR count). The largest absolute Gasteiger partial charge is 0.497 e. The molecule has 8 heteroatoms. The summed E-state index contributed by atoms with van der Waals surface area (Å²) in [5, 5.41) is 2.80. The van der Waals surface area contributed by atoms with Gasteiger partial charge in [-0.3, -0.25) is 4.79 Å². The van der Waals surface area contributed by atoms with Gasteiger partial charge in [0.05, 0.1) is 12.0 Å². The van der Waals surface area contributed by atoms with E-state index in [2.05, 4.69) is 21.2 Å². The van der Waals surface area contributed by atoms with Gasteiger partial charge >= 0.3 is 0 Å². The summed E-state index contributed by atoms with van der Waals surface area (Å²) < 4.78 is 33.1. The van der Waals surface area contributed by atoms with E-state index in [1.54, 1.807) is 30.3 Å².